The van der Waals surface area contributed by atoms with E-state index in [1.54, 1.807) is 4.90 Å². The fourth-order valence-corrected chi connectivity index (χ4v) is 3.18. The molecule has 1 aromatic carbocycles. The van der Waals surface area contributed by atoms with Gasteiger partial charge in [0.25, 0.3) is 0 Å². The fourth-order valence-electron chi connectivity index (χ4n) is 3.18. The van der Waals surface area contributed by atoms with Gasteiger partial charge in [-0.2, -0.15) is 0 Å². The maximum atomic E-state index is 11.8. The third-order valence-electron chi connectivity index (χ3n) is 5.59. The van der Waals surface area contributed by atoms with E-state index in [0.29, 0.717) is 19.7 Å². The van der Waals surface area contributed by atoms with Crippen LogP contribution in [0.2, 0.25) is 0 Å². The van der Waals surface area contributed by atoms with Crippen LogP contribution in [0.25, 0.3) is 0 Å². The molecule has 0 bridgehead atoms. The highest BCUT2D eigenvalue weighted by atomic mass is 16.7. The minimum atomic E-state index is -0.338. The van der Waals surface area contributed by atoms with E-state index in [0.717, 1.165) is 24.2 Å². The topological polar surface area (TPSA) is 51.2 Å². The number of hydrogen-bond acceptors (Lipinski definition) is 5. The maximum Gasteiger partial charge on any atom is 0.494 e. The average Bonchev–Trinajstić information content (AvgIpc) is 2.83. The van der Waals surface area contributed by atoms with Gasteiger partial charge >= 0.3 is 13.2 Å². The highest BCUT2D eigenvalue weighted by Crippen LogP contribution is 2.36. The van der Waals surface area contributed by atoms with Crippen LogP contribution in [0, 0.1) is 0 Å². The Balaban J connectivity index is 1.60. The molecule has 6 nitrogen and oxygen atoms in total. The van der Waals surface area contributed by atoms with Gasteiger partial charge in [-0.25, -0.2) is 4.79 Å². The van der Waals surface area contributed by atoms with Crippen molar-refractivity contribution in [2.24, 2.45) is 0 Å². The molecule has 7 heteroatoms. The van der Waals surface area contributed by atoms with Gasteiger partial charge in [-0.05, 0) is 52.2 Å². The largest absolute Gasteiger partial charge is 0.494 e. The monoisotopic (exact) mass is 360 g/mol. The highest BCUT2D eigenvalue weighted by Gasteiger charge is 2.51. The number of nitrogens with zero attached hydrogens (tertiary/aromatic N) is 2. The van der Waals surface area contributed by atoms with Gasteiger partial charge < -0.3 is 23.8 Å². The van der Waals surface area contributed by atoms with E-state index >= 15 is 0 Å². The number of carbonyl (C=O) groups is 1. The van der Waals surface area contributed by atoms with Crippen LogP contribution in [0.5, 0.6) is 0 Å². The molecule has 0 aromatic heterocycles. The van der Waals surface area contributed by atoms with Crippen molar-refractivity contribution in [3.05, 3.63) is 24.3 Å². The summed E-state index contributed by atoms with van der Waals surface area (Å²) in [5.74, 6) is 0. The lowest BCUT2D eigenvalue weighted by Gasteiger charge is -2.35. The normalized spacial score (nSPS) is 21.8. The van der Waals surface area contributed by atoms with Gasteiger partial charge in [0, 0.05) is 31.9 Å². The number of piperazine rings is 1. The van der Waals surface area contributed by atoms with Crippen molar-refractivity contribution in [3.63, 3.8) is 0 Å². The second-order valence-electron chi connectivity index (χ2n) is 7.85. The van der Waals surface area contributed by atoms with Crippen LogP contribution in [0.3, 0.4) is 0 Å². The molecule has 0 unspecified atom stereocenters. The summed E-state index contributed by atoms with van der Waals surface area (Å²) in [5.41, 5.74) is 1.51. The molecule has 0 atom stereocenters. The van der Waals surface area contributed by atoms with Crippen LogP contribution in [-0.4, -0.2) is 62.1 Å². The zero-order valence-electron chi connectivity index (χ0n) is 16.4. The lowest BCUT2D eigenvalue weighted by molar-refractivity contribution is 0.00578. The number of ether oxygens (including phenoxy) is 1. The molecule has 0 N–H and O–H groups in total. The van der Waals surface area contributed by atoms with Gasteiger partial charge in [-0.1, -0.05) is 12.1 Å². The quantitative estimate of drug-likeness (QED) is 0.774. The summed E-state index contributed by atoms with van der Waals surface area (Å²) < 4.78 is 17.3. The molecular weight excluding hydrogens is 331 g/mol. The number of rotatable bonds is 3. The molecule has 0 aliphatic carbocycles. The second-order valence-corrected chi connectivity index (χ2v) is 7.85. The second kappa shape index (κ2) is 7.12. The Bertz CT molecular complexity index is 623. The first-order valence-corrected chi connectivity index (χ1v) is 9.36. The molecule has 2 aliphatic heterocycles. The maximum absolute atomic E-state index is 11.8. The zero-order valence-corrected chi connectivity index (χ0v) is 16.4. The highest BCUT2D eigenvalue weighted by molar-refractivity contribution is 6.62. The molecule has 2 heterocycles. The molecule has 2 aliphatic rings. The minimum absolute atomic E-state index is 0.219. The lowest BCUT2D eigenvalue weighted by atomic mass is 9.79. The third kappa shape index (κ3) is 3.69. The minimum Gasteiger partial charge on any atom is -0.450 e. The van der Waals surface area contributed by atoms with Crippen LogP contribution < -0.4 is 10.4 Å². The van der Waals surface area contributed by atoms with Crippen LogP contribution in [0.1, 0.15) is 34.6 Å². The summed E-state index contributed by atoms with van der Waals surface area (Å²) >= 11 is 0. The number of amides is 1. The SMILES string of the molecule is CCOC(=O)N1CCN(c2ccc(B3OC(C)(C)C(C)(C)O3)cc2)CC1. The third-order valence-corrected chi connectivity index (χ3v) is 5.59. The predicted octanol–water partition coefficient (Wildman–Crippen LogP) is 2.26. The van der Waals surface area contributed by atoms with E-state index in [4.69, 9.17) is 14.0 Å². The summed E-state index contributed by atoms with van der Waals surface area (Å²) in [6.45, 7) is 13.4. The Kier molecular flexibility index (Phi) is 5.22. The van der Waals surface area contributed by atoms with Crippen molar-refractivity contribution in [2.75, 3.05) is 37.7 Å². The van der Waals surface area contributed by atoms with E-state index in [-0.39, 0.29) is 24.4 Å². The van der Waals surface area contributed by atoms with Crippen molar-refractivity contribution in [2.45, 2.75) is 45.8 Å². The molecule has 1 aromatic rings. The summed E-state index contributed by atoms with van der Waals surface area (Å²) in [6, 6.07) is 8.32. The van der Waals surface area contributed by atoms with Gasteiger partial charge in [0.1, 0.15) is 0 Å². The van der Waals surface area contributed by atoms with Crippen molar-refractivity contribution < 1.29 is 18.8 Å². The molecule has 1 amide bonds. The Morgan fingerprint density at radius 2 is 1.58 bits per heavy atom. The Morgan fingerprint density at radius 3 is 2.08 bits per heavy atom. The summed E-state index contributed by atoms with van der Waals surface area (Å²) in [6.07, 6.45) is -0.219. The van der Waals surface area contributed by atoms with Crippen LogP contribution >= 0.6 is 0 Å². The van der Waals surface area contributed by atoms with Gasteiger partial charge in [0.05, 0.1) is 17.8 Å². The summed E-state index contributed by atoms with van der Waals surface area (Å²) in [5, 5.41) is 0. The molecule has 142 valence electrons. The standard InChI is InChI=1S/C19H29BN2O4/c1-6-24-17(23)22-13-11-21(12-14-22)16-9-7-15(8-10-16)20-25-18(2,3)19(4,5)26-20/h7-10H,6,11-14H2,1-5H3. The van der Waals surface area contributed by atoms with E-state index in [2.05, 4.69) is 56.9 Å². The number of hydrogen-bond donors (Lipinski definition) is 0. The Labute approximate surface area is 156 Å². The van der Waals surface area contributed by atoms with Crippen molar-refractivity contribution in [1.82, 2.24) is 4.90 Å². The number of anilines is 1. The molecular formula is C19H29BN2O4. The van der Waals surface area contributed by atoms with Crippen LogP contribution in [0.15, 0.2) is 24.3 Å². The molecule has 26 heavy (non-hydrogen) atoms. The summed E-state index contributed by atoms with van der Waals surface area (Å²) in [7, 11) is -0.338. The molecule has 0 radical (unpaired) electrons. The van der Waals surface area contributed by atoms with E-state index in [1.165, 1.54) is 0 Å². The molecule has 0 spiro atoms. The first-order chi connectivity index (χ1) is 12.2. The van der Waals surface area contributed by atoms with Crippen LogP contribution in [0.4, 0.5) is 10.5 Å². The van der Waals surface area contributed by atoms with Gasteiger partial charge in [0.2, 0.25) is 0 Å². The average molecular weight is 360 g/mol. The molecule has 2 saturated heterocycles. The van der Waals surface area contributed by atoms with Crippen LogP contribution in [-0.2, 0) is 14.0 Å². The van der Waals surface area contributed by atoms with E-state index < -0.39 is 0 Å². The molecule has 0 saturated carbocycles. The number of benzene rings is 1. The first-order valence-electron chi connectivity index (χ1n) is 9.36. The van der Waals surface area contributed by atoms with Gasteiger partial charge in [-0.3, -0.25) is 0 Å². The fraction of sp³-hybridized carbons (Fsp3) is 0.632. The Morgan fingerprint density at radius 1 is 1.04 bits per heavy atom. The van der Waals surface area contributed by atoms with Gasteiger partial charge in [0.15, 0.2) is 0 Å². The zero-order chi connectivity index (χ0) is 18.9. The molecule has 3 rings (SSSR count). The molecule has 2 fully saturated rings. The summed E-state index contributed by atoms with van der Waals surface area (Å²) in [4.78, 5) is 15.8. The lowest BCUT2D eigenvalue weighted by Crippen LogP contribution is -2.49. The van der Waals surface area contributed by atoms with Gasteiger partial charge in [-0.15, -0.1) is 0 Å². The Hall–Kier alpha value is -1.73. The van der Waals surface area contributed by atoms with Crippen molar-refractivity contribution >= 4 is 24.4 Å². The number of carbonyl (C=O) groups excluding carboxylic acids is 1. The van der Waals surface area contributed by atoms with Crippen molar-refractivity contribution in [3.8, 4) is 0 Å². The first kappa shape index (κ1) is 19.0. The smallest absolute Gasteiger partial charge is 0.450 e. The predicted molar refractivity (Wildman–Crippen MR) is 103 cm³/mol. The van der Waals surface area contributed by atoms with E-state index in [9.17, 15) is 4.79 Å². The van der Waals surface area contributed by atoms with Crippen molar-refractivity contribution in [1.29, 1.82) is 0 Å². The van der Waals surface area contributed by atoms with E-state index in [1.807, 2.05) is 6.92 Å².